The molecule has 64 heavy (non-hydrogen) atoms. The number of unbranched alkanes of at least 4 members (excludes halogenated alkanes) is 36. The van der Waals surface area contributed by atoms with Gasteiger partial charge in [-0.2, -0.15) is 11.8 Å². The number of ether oxygens (including phenoxy) is 2. The number of nitrogens with one attached hydrogen (secondary N) is 1. The molecule has 1 amide bonds. The molecule has 0 heterocycles. The zero-order valence-electron chi connectivity index (χ0n) is 43.0. The molecule has 0 aliphatic heterocycles. The molecule has 0 aromatic heterocycles. The molecule has 0 saturated carbocycles. The van der Waals surface area contributed by atoms with Gasteiger partial charge in [-0.3, -0.25) is 19.2 Å². The number of hydrogen-bond donors (Lipinski definition) is 1. The molecule has 7 nitrogen and oxygen atoms in total. The molecule has 8 heteroatoms. The Kier molecular flexibility index (Phi) is 49.6. The maximum atomic E-state index is 13.0. The minimum absolute atomic E-state index is 0.00593. The van der Waals surface area contributed by atoms with E-state index in [0.717, 1.165) is 57.8 Å². The second-order valence-electron chi connectivity index (χ2n) is 19.3. The molecule has 0 aromatic carbocycles. The monoisotopic (exact) mass is 922 g/mol. The highest BCUT2D eigenvalue weighted by Crippen LogP contribution is 2.18. The molecule has 0 aliphatic rings. The van der Waals surface area contributed by atoms with Crippen LogP contribution in [0, 0.1) is 0 Å². The van der Waals surface area contributed by atoms with Gasteiger partial charge in [0.2, 0.25) is 5.91 Å². The fourth-order valence-electron chi connectivity index (χ4n) is 8.54. The summed E-state index contributed by atoms with van der Waals surface area (Å²) in [7, 11) is 0. The molecule has 0 spiro atoms. The summed E-state index contributed by atoms with van der Waals surface area (Å²) in [5, 5.41) is 3.00. The summed E-state index contributed by atoms with van der Waals surface area (Å²) in [5.74, 6) is 0.235. The summed E-state index contributed by atoms with van der Waals surface area (Å²) in [5.41, 5.74) is 0. The Hall–Kier alpha value is -1.57. The van der Waals surface area contributed by atoms with Crippen LogP contribution in [0.15, 0.2) is 0 Å². The Bertz CT molecular complexity index is 1040. The Morgan fingerprint density at radius 1 is 0.391 bits per heavy atom. The third-order valence-corrected chi connectivity index (χ3v) is 14.0. The Morgan fingerprint density at radius 3 is 1.05 bits per heavy atom. The van der Waals surface area contributed by atoms with E-state index in [1.54, 1.807) is 0 Å². The van der Waals surface area contributed by atoms with Crippen molar-refractivity contribution >= 4 is 35.4 Å². The van der Waals surface area contributed by atoms with Crippen molar-refractivity contribution < 1.29 is 28.7 Å². The summed E-state index contributed by atoms with van der Waals surface area (Å²) >= 11 is 1.48. The van der Waals surface area contributed by atoms with Crippen molar-refractivity contribution in [3.63, 3.8) is 0 Å². The smallest absolute Gasteiger partial charge is 0.306 e. The summed E-state index contributed by atoms with van der Waals surface area (Å²) in [4.78, 5) is 51.5. The fourth-order valence-corrected chi connectivity index (χ4v) is 9.61. The van der Waals surface area contributed by atoms with Gasteiger partial charge in [0.05, 0.1) is 6.04 Å². The number of carbonyl (C=O) groups excluding carboxylic acids is 4. The second-order valence-corrected chi connectivity index (χ2v) is 20.3. The molecule has 2 unspecified atom stereocenters. The van der Waals surface area contributed by atoms with Crippen molar-refractivity contribution in [1.82, 2.24) is 5.32 Å². The zero-order valence-corrected chi connectivity index (χ0v) is 43.9. The summed E-state index contributed by atoms with van der Waals surface area (Å²) in [6.45, 7) is 8.64. The van der Waals surface area contributed by atoms with E-state index in [-0.39, 0.29) is 30.2 Å². The molecule has 0 fully saturated rings. The first-order valence-electron chi connectivity index (χ1n) is 28.1. The van der Waals surface area contributed by atoms with Gasteiger partial charge in [-0.15, -0.1) is 0 Å². The van der Waals surface area contributed by atoms with Crippen LogP contribution < -0.4 is 5.32 Å². The maximum absolute atomic E-state index is 13.0. The minimum Gasteiger partial charge on any atom is -0.462 e. The number of Topliss-reactive ketones (excluding diaryl/α,β-unsaturated/α-hetero) is 1. The van der Waals surface area contributed by atoms with Crippen molar-refractivity contribution in [2.45, 2.75) is 316 Å². The molecule has 1 N–H and O–H groups in total. The number of thioether (sulfide) groups is 1. The first-order valence-corrected chi connectivity index (χ1v) is 29.3. The van der Waals surface area contributed by atoms with Gasteiger partial charge in [-0.1, -0.05) is 259 Å². The lowest BCUT2D eigenvalue weighted by molar-refractivity contribution is -0.157. The van der Waals surface area contributed by atoms with E-state index in [9.17, 15) is 19.2 Å². The SMILES string of the molecule is CCCCCCCCCCCCCCCC(=O)NC(CSCC(COC(=O)CCCCCCCCCCCCCCC)OC(=O)CCCCCCCCCCCCCCC)C(=O)CC. The minimum atomic E-state index is -0.589. The highest BCUT2D eigenvalue weighted by Gasteiger charge is 2.22. The first-order chi connectivity index (χ1) is 31.4. The average Bonchev–Trinajstić information content (AvgIpc) is 3.29. The van der Waals surface area contributed by atoms with Gasteiger partial charge in [0.1, 0.15) is 12.7 Å². The number of carbonyl (C=O) groups is 4. The van der Waals surface area contributed by atoms with E-state index in [1.807, 2.05) is 6.92 Å². The zero-order chi connectivity index (χ0) is 46.8. The molecular formula is C56H107NO6S. The molecule has 2 atom stereocenters. The second kappa shape index (κ2) is 50.8. The van der Waals surface area contributed by atoms with Crippen LogP contribution in [-0.2, 0) is 28.7 Å². The summed E-state index contributed by atoms with van der Waals surface area (Å²) < 4.78 is 11.6. The Morgan fingerprint density at radius 2 is 0.703 bits per heavy atom. The molecule has 0 radical (unpaired) electrons. The lowest BCUT2D eigenvalue weighted by Gasteiger charge is -2.20. The van der Waals surface area contributed by atoms with Gasteiger partial charge in [0, 0.05) is 37.2 Å². The van der Waals surface area contributed by atoms with Gasteiger partial charge in [-0.05, 0) is 19.3 Å². The maximum Gasteiger partial charge on any atom is 0.306 e. The lowest BCUT2D eigenvalue weighted by Crippen LogP contribution is -2.42. The lowest BCUT2D eigenvalue weighted by atomic mass is 10.0. The van der Waals surface area contributed by atoms with Gasteiger partial charge >= 0.3 is 11.9 Å². The molecule has 0 aromatic rings. The highest BCUT2D eigenvalue weighted by molar-refractivity contribution is 7.99. The third-order valence-electron chi connectivity index (χ3n) is 12.9. The van der Waals surface area contributed by atoms with E-state index in [2.05, 4.69) is 26.1 Å². The van der Waals surface area contributed by atoms with Crippen LogP contribution in [0.25, 0.3) is 0 Å². The number of ketones is 1. The predicted molar refractivity (Wildman–Crippen MR) is 276 cm³/mol. The van der Waals surface area contributed by atoms with Crippen LogP contribution >= 0.6 is 11.8 Å². The highest BCUT2D eigenvalue weighted by atomic mass is 32.2. The molecule has 0 bridgehead atoms. The van der Waals surface area contributed by atoms with Crippen molar-refractivity contribution in [2.75, 3.05) is 18.1 Å². The predicted octanol–water partition coefficient (Wildman–Crippen LogP) is 17.1. The number of hydrogen-bond acceptors (Lipinski definition) is 7. The molecule has 378 valence electrons. The van der Waals surface area contributed by atoms with Crippen LogP contribution in [0.2, 0.25) is 0 Å². The van der Waals surface area contributed by atoms with E-state index in [0.29, 0.717) is 37.2 Å². The van der Waals surface area contributed by atoms with Crippen LogP contribution in [0.1, 0.15) is 304 Å². The average molecular weight is 923 g/mol. The van der Waals surface area contributed by atoms with Crippen molar-refractivity contribution in [1.29, 1.82) is 0 Å². The van der Waals surface area contributed by atoms with E-state index >= 15 is 0 Å². The van der Waals surface area contributed by atoms with Crippen molar-refractivity contribution in [3.8, 4) is 0 Å². The third kappa shape index (κ3) is 45.6. The van der Waals surface area contributed by atoms with Crippen LogP contribution in [0.5, 0.6) is 0 Å². The van der Waals surface area contributed by atoms with Gasteiger partial charge in [0.25, 0.3) is 0 Å². The van der Waals surface area contributed by atoms with Gasteiger partial charge in [-0.25, -0.2) is 0 Å². The summed E-state index contributed by atoms with van der Waals surface area (Å²) in [6.07, 6.45) is 49.8. The Balaban J connectivity index is 4.68. The van der Waals surface area contributed by atoms with Crippen LogP contribution in [0.3, 0.4) is 0 Å². The van der Waals surface area contributed by atoms with Gasteiger partial charge in [0.15, 0.2) is 5.78 Å². The fraction of sp³-hybridized carbons (Fsp3) is 0.929. The van der Waals surface area contributed by atoms with E-state index < -0.39 is 12.1 Å². The largest absolute Gasteiger partial charge is 0.462 e. The topological polar surface area (TPSA) is 98.8 Å². The number of esters is 2. The van der Waals surface area contributed by atoms with Crippen molar-refractivity contribution in [3.05, 3.63) is 0 Å². The number of amides is 1. The first kappa shape index (κ1) is 62.4. The standard InChI is InChI=1S/C56H107NO6S/c1-5-9-12-15-18-21-24-27-30-33-36-39-42-45-54(59)57-52(53(58)8-4)50-64-49-51(63-56(61)47-44-41-38-35-32-29-26-23-20-17-14-11-7-3)48-62-55(60)46-43-40-37-34-31-28-25-22-19-16-13-10-6-2/h51-52H,5-50H2,1-4H3,(H,57,59). The summed E-state index contributed by atoms with van der Waals surface area (Å²) in [6, 6.07) is -0.579. The van der Waals surface area contributed by atoms with Crippen LogP contribution in [0.4, 0.5) is 0 Å². The number of rotatable bonds is 52. The molecule has 0 aliphatic carbocycles. The quantitative estimate of drug-likeness (QED) is 0.0479. The van der Waals surface area contributed by atoms with E-state index in [1.165, 1.54) is 204 Å². The molecular weight excluding hydrogens is 815 g/mol. The normalized spacial score (nSPS) is 12.3. The van der Waals surface area contributed by atoms with Crippen LogP contribution in [-0.4, -0.2) is 53.9 Å². The van der Waals surface area contributed by atoms with Gasteiger partial charge < -0.3 is 14.8 Å². The molecule has 0 saturated heterocycles. The van der Waals surface area contributed by atoms with Crippen molar-refractivity contribution in [2.24, 2.45) is 0 Å². The Labute approximate surface area is 401 Å². The van der Waals surface area contributed by atoms with E-state index in [4.69, 9.17) is 9.47 Å². The molecule has 0 rings (SSSR count).